The van der Waals surface area contributed by atoms with Gasteiger partial charge in [0, 0.05) is 12.3 Å². The number of carbonyl (C=O) groups is 1. The highest BCUT2D eigenvalue weighted by Crippen LogP contribution is 2.19. The fourth-order valence-electron chi connectivity index (χ4n) is 1.64. The van der Waals surface area contributed by atoms with E-state index < -0.39 is 0 Å². The maximum atomic E-state index is 11.5. The molecule has 1 rings (SSSR count). The SMILES string of the molecule is CC(C)c1ccc(OC(=O)CCCCCCl)cc1. The van der Waals surface area contributed by atoms with E-state index in [9.17, 15) is 4.79 Å². The van der Waals surface area contributed by atoms with Gasteiger partial charge in [0.15, 0.2) is 0 Å². The van der Waals surface area contributed by atoms with Crippen LogP contribution in [0.15, 0.2) is 24.3 Å². The van der Waals surface area contributed by atoms with Gasteiger partial charge in [-0.05, 0) is 36.5 Å². The predicted octanol–water partition coefficient (Wildman–Crippen LogP) is 4.51. The molecule has 0 N–H and O–H groups in total. The number of benzene rings is 1. The van der Waals surface area contributed by atoms with Crippen molar-refractivity contribution in [2.45, 2.75) is 45.4 Å². The summed E-state index contributed by atoms with van der Waals surface area (Å²) in [6.45, 7) is 4.27. The van der Waals surface area contributed by atoms with Crippen LogP contribution in [0.2, 0.25) is 0 Å². The number of ether oxygens (including phenoxy) is 1. The zero-order chi connectivity index (χ0) is 13.4. The van der Waals surface area contributed by atoms with Crippen molar-refractivity contribution < 1.29 is 9.53 Å². The molecule has 0 heterocycles. The molecule has 0 amide bonds. The third kappa shape index (κ3) is 5.54. The van der Waals surface area contributed by atoms with Crippen molar-refractivity contribution in [3.8, 4) is 5.75 Å². The lowest BCUT2D eigenvalue weighted by atomic mass is 10.0. The Morgan fingerprint density at radius 3 is 2.39 bits per heavy atom. The van der Waals surface area contributed by atoms with Crippen molar-refractivity contribution in [1.82, 2.24) is 0 Å². The summed E-state index contributed by atoms with van der Waals surface area (Å²) < 4.78 is 5.26. The van der Waals surface area contributed by atoms with Crippen LogP contribution in [-0.2, 0) is 4.79 Å². The Morgan fingerprint density at radius 2 is 1.83 bits per heavy atom. The van der Waals surface area contributed by atoms with Crippen LogP contribution < -0.4 is 4.74 Å². The molecule has 0 aromatic heterocycles. The largest absolute Gasteiger partial charge is 0.427 e. The minimum absolute atomic E-state index is 0.165. The Hall–Kier alpha value is -1.02. The Labute approximate surface area is 114 Å². The van der Waals surface area contributed by atoms with Crippen LogP contribution >= 0.6 is 11.6 Å². The van der Waals surface area contributed by atoms with E-state index in [0.29, 0.717) is 24.0 Å². The predicted molar refractivity (Wildman–Crippen MR) is 75.4 cm³/mol. The zero-order valence-electron chi connectivity index (χ0n) is 11.1. The maximum absolute atomic E-state index is 11.5. The molecule has 1 aromatic rings. The Kier molecular flexibility index (Phi) is 6.81. The molecule has 0 saturated heterocycles. The van der Waals surface area contributed by atoms with E-state index in [1.165, 1.54) is 5.56 Å². The lowest BCUT2D eigenvalue weighted by Crippen LogP contribution is -2.07. The summed E-state index contributed by atoms with van der Waals surface area (Å²) in [6, 6.07) is 7.71. The summed E-state index contributed by atoms with van der Waals surface area (Å²) in [7, 11) is 0. The monoisotopic (exact) mass is 268 g/mol. The van der Waals surface area contributed by atoms with Crippen molar-refractivity contribution >= 4 is 17.6 Å². The minimum Gasteiger partial charge on any atom is -0.427 e. The lowest BCUT2D eigenvalue weighted by Gasteiger charge is -2.07. The van der Waals surface area contributed by atoms with Crippen LogP contribution in [0.4, 0.5) is 0 Å². The number of carbonyl (C=O) groups excluding carboxylic acids is 1. The number of alkyl halides is 1. The topological polar surface area (TPSA) is 26.3 Å². The van der Waals surface area contributed by atoms with Gasteiger partial charge in [0.1, 0.15) is 5.75 Å². The van der Waals surface area contributed by atoms with Crippen LogP contribution in [0.25, 0.3) is 0 Å². The van der Waals surface area contributed by atoms with E-state index in [1.54, 1.807) is 0 Å². The summed E-state index contributed by atoms with van der Waals surface area (Å²) in [4.78, 5) is 11.5. The minimum atomic E-state index is -0.165. The summed E-state index contributed by atoms with van der Waals surface area (Å²) in [6.07, 6.45) is 3.24. The second-order valence-corrected chi connectivity index (χ2v) is 5.08. The van der Waals surface area contributed by atoms with E-state index in [1.807, 2.05) is 24.3 Å². The molecule has 0 spiro atoms. The number of rotatable bonds is 7. The van der Waals surface area contributed by atoms with Gasteiger partial charge in [-0.3, -0.25) is 4.79 Å². The van der Waals surface area contributed by atoms with Gasteiger partial charge >= 0.3 is 5.97 Å². The molecule has 0 aliphatic heterocycles. The van der Waals surface area contributed by atoms with E-state index in [-0.39, 0.29) is 5.97 Å². The number of esters is 1. The molecule has 0 saturated carbocycles. The maximum Gasteiger partial charge on any atom is 0.311 e. The zero-order valence-corrected chi connectivity index (χ0v) is 11.9. The van der Waals surface area contributed by atoms with Crippen LogP contribution in [0, 0.1) is 0 Å². The van der Waals surface area contributed by atoms with Gasteiger partial charge in [-0.2, -0.15) is 0 Å². The van der Waals surface area contributed by atoms with Gasteiger partial charge in [0.2, 0.25) is 0 Å². The van der Waals surface area contributed by atoms with Gasteiger partial charge in [0.05, 0.1) is 0 Å². The van der Waals surface area contributed by atoms with E-state index in [4.69, 9.17) is 16.3 Å². The fraction of sp³-hybridized carbons (Fsp3) is 0.533. The Bertz CT molecular complexity index is 357. The van der Waals surface area contributed by atoms with Crippen LogP contribution in [0.3, 0.4) is 0 Å². The molecular formula is C15H21ClO2. The van der Waals surface area contributed by atoms with Gasteiger partial charge in [-0.1, -0.05) is 32.4 Å². The van der Waals surface area contributed by atoms with Crippen molar-refractivity contribution in [1.29, 1.82) is 0 Å². The summed E-state index contributed by atoms with van der Waals surface area (Å²) >= 11 is 5.57. The first-order chi connectivity index (χ1) is 8.63. The molecule has 0 fully saturated rings. The summed E-state index contributed by atoms with van der Waals surface area (Å²) in [5, 5.41) is 0. The molecular weight excluding hydrogens is 248 g/mol. The number of halogens is 1. The van der Waals surface area contributed by atoms with Crippen LogP contribution in [-0.4, -0.2) is 11.8 Å². The molecule has 2 nitrogen and oxygen atoms in total. The molecule has 0 aliphatic rings. The highest BCUT2D eigenvalue weighted by molar-refractivity contribution is 6.17. The van der Waals surface area contributed by atoms with E-state index in [2.05, 4.69) is 13.8 Å². The molecule has 18 heavy (non-hydrogen) atoms. The molecule has 0 aliphatic carbocycles. The van der Waals surface area contributed by atoms with Gasteiger partial charge in [-0.25, -0.2) is 0 Å². The summed E-state index contributed by atoms with van der Waals surface area (Å²) in [5.74, 6) is 1.61. The third-order valence-corrected chi connectivity index (χ3v) is 3.06. The molecule has 0 atom stereocenters. The number of hydrogen-bond donors (Lipinski definition) is 0. The third-order valence-electron chi connectivity index (χ3n) is 2.79. The first-order valence-electron chi connectivity index (χ1n) is 6.50. The van der Waals surface area contributed by atoms with E-state index in [0.717, 1.165) is 19.3 Å². The van der Waals surface area contributed by atoms with Crippen molar-refractivity contribution in [3.63, 3.8) is 0 Å². The molecule has 1 aromatic carbocycles. The first kappa shape index (κ1) is 15.0. The molecule has 0 bridgehead atoms. The lowest BCUT2D eigenvalue weighted by molar-refractivity contribution is -0.134. The first-order valence-corrected chi connectivity index (χ1v) is 7.03. The van der Waals surface area contributed by atoms with Gasteiger partial charge in [0.25, 0.3) is 0 Å². The Balaban J connectivity index is 2.35. The van der Waals surface area contributed by atoms with Gasteiger partial charge in [-0.15, -0.1) is 11.6 Å². The average Bonchev–Trinajstić information content (AvgIpc) is 2.35. The smallest absolute Gasteiger partial charge is 0.311 e. The number of hydrogen-bond acceptors (Lipinski definition) is 2. The average molecular weight is 269 g/mol. The number of unbranched alkanes of at least 4 members (excludes halogenated alkanes) is 2. The molecule has 100 valence electrons. The molecule has 0 radical (unpaired) electrons. The fourth-order valence-corrected chi connectivity index (χ4v) is 1.83. The standard InChI is InChI=1S/C15H21ClO2/c1-12(2)13-7-9-14(10-8-13)18-15(17)6-4-3-5-11-16/h7-10,12H,3-6,11H2,1-2H3. The quantitative estimate of drug-likeness (QED) is 0.315. The van der Waals surface area contributed by atoms with Crippen molar-refractivity contribution in [2.75, 3.05) is 5.88 Å². The second-order valence-electron chi connectivity index (χ2n) is 4.70. The normalized spacial score (nSPS) is 10.7. The van der Waals surface area contributed by atoms with Crippen molar-refractivity contribution in [3.05, 3.63) is 29.8 Å². The summed E-state index contributed by atoms with van der Waals surface area (Å²) in [5.41, 5.74) is 1.25. The highest BCUT2D eigenvalue weighted by Gasteiger charge is 2.05. The van der Waals surface area contributed by atoms with E-state index >= 15 is 0 Å². The molecule has 0 unspecified atom stereocenters. The van der Waals surface area contributed by atoms with Crippen LogP contribution in [0.5, 0.6) is 5.75 Å². The molecule has 3 heteroatoms. The highest BCUT2D eigenvalue weighted by atomic mass is 35.5. The second kappa shape index (κ2) is 8.15. The Morgan fingerprint density at radius 1 is 1.17 bits per heavy atom. The van der Waals surface area contributed by atoms with Crippen molar-refractivity contribution in [2.24, 2.45) is 0 Å². The van der Waals surface area contributed by atoms with Gasteiger partial charge < -0.3 is 4.74 Å². The van der Waals surface area contributed by atoms with Crippen LogP contribution in [0.1, 0.15) is 51.0 Å².